The van der Waals surface area contributed by atoms with Crippen molar-refractivity contribution < 1.29 is 13.0 Å². The Balaban J connectivity index is 1.85. The lowest BCUT2D eigenvalue weighted by molar-refractivity contribution is 0.483. The van der Waals surface area contributed by atoms with E-state index in [4.69, 9.17) is 4.55 Å². The SMILES string of the molecule is CC(C)(C)Nc1nc(NNc2ccc(S(=O)(=O)O)cc2)cc(-c2ccccc2)n1. The maximum absolute atomic E-state index is 11.1. The van der Waals surface area contributed by atoms with Gasteiger partial charge in [0.05, 0.1) is 16.3 Å². The third-order valence-corrected chi connectivity index (χ3v) is 4.64. The van der Waals surface area contributed by atoms with Crippen LogP contribution in [-0.4, -0.2) is 28.5 Å². The number of rotatable bonds is 6. The summed E-state index contributed by atoms with van der Waals surface area (Å²) in [6.45, 7) is 6.06. The van der Waals surface area contributed by atoms with E-state index in [0.29, 0.717) is 17.5 Å². The number of nitrogens with one attached hydrogen (secondary N) is 3. The number of hydrazine groups is 1. The molecule has 0 saturated heterocycles. The third-order valence-electron chi connectivity index (χ3n) is 3.77. The summed E-state index contributed by atoms with van der Waals surface area (Å²) < 4.78 is 31.3. The molecule has 0 bridgehead atoms. The fourth-order valence-electron chi connectivity index (χ4n) is 2.51. The molecule has 1 heterocycles. The average molecular weight is 414 g/mol. The third kappa shape index (κ3) is 5.90. The van der Waals surface area contributed by atoms with Gasteiger partial charge in [-0.15, -0.1) is 0 Å². The zero-order valence-corrected chi connectivity index (χ0v) is 17.2. The van der Waals surface area contributed by atoms with E-state index in [1.165, 1.54) is 24.3 Å². The molecular weight excluding hydrogens is 390 g/mol. The van der Waals surface area contributed by atoms with Crippen molar-refractivity contribution in [3.63, 3.8) is 0 Å². The highest BCUT2D eigenvalue weighted by Gasteiger charge is 2.14. The van der Waals surface area contributed by atoms with Crippen LogP contribution in [-0.2, 0) is 10.1 Å². The Bertz CT molecular complexity index is 1080. The van der Waals surface area contributed by atoms with Crippen molar-refractivity contribution in [1.82, 2.24) is 9.97 Å². The molecule has 9 heteroatoms. The Kier molecular flexibility index (Phi) is 5.71. The van der Waals surface area contributed by atoms with Crippen LogP contribution in [0.25, 0.3) is 11.3 Å². The molecular formula is C20H23N5O3S. The lowest BCUT2D eigenvalue weighted by Crippen LogP contribution is -2.27. The summed E-state index contributed by atoms with van der Waals surface area (Å²) >= 11 is 0. The lowest BCUT2D eigenvalue weighted by Gasteiger charge is -2.21. The van der Waals surface area contributed by atoms with Crippen LogP contribution < -0.4 is 16.2 Å². The van der Waals surface area contributed by atoms with Crippen molar-refractivity contribution in [2.45, 2.75) is 31.2 Å². The van der Waals surface area contributed by atoms with Gasteiger partial charge < -0.3 is 5.32 Å². The van der Waals surface area contributed by atoms with Crippen molar-refractivity contribution in [3.05, 3.63) is 60.7 Å². The van der Waals surface area contributed by atoms with Crippen LogP contribution in [0.1, 0.15) is 20.8 Å². The highest BCUT2D eigenvalue weighted by molar-refractivity contribution is 7.85. The van der Waals surface area contributed by atoms with Gasteiger partial charge in [-0.05, 0) is 45.0 Å². The normalized spacial score (nSPS) is 11.7. The summed E-state index contributed by atoms with van der Waals surface area (Å²) in [5.41, 5.74) is 8.05. The van der Waals surface area contributed by atoms with Gasteiger partial charge in [-0.1, -0.05) is 30.3 Å². The number of anilines is 3. The Morgan fingerprint density at radius 3 is 2.14 bits per heavy atom. The van der Waals surface area contributed by atoms with E-state index in [1.807, 2.05) is 57.2 Å². The number of benzene rings is 2. The van der Waals surface area contributed by atoms with Gasteiger partial charge in [0.15, 0.2) is 5.82 Å². The number of aromatic nitrogens is 2. The van der Waals surface area contributed by atoms with E-state index >= 15 is 0 Å². The largest absolute Gasteiger partial charge is 0.350 e. The summed E-state index contributed by atoms with van der Waals surface area (Å²) in [5, 5.41) is 3.27. The van der Waals surface area contributed by atoms with Gasteiger partial charge in [-0.25, -0.2) is 4.98 Å². The van der Waals surface area contributed by atoms with E-state index in [0.717, 1.165) is 11.3 Å². The van der Waals surface area contributed by atoms with E-state index in [1.54, 1.807) is 0 Å². The van der Waals surface area contributed by atoms with Crippen molar-refractivity contribution in [2.75, 3.05) is 16.2 Å². The monoisotopic (exact) mass is 413 g/mol. The second kappa shape index (κ2) is 8.06. The molecule has 0 aliphatic rings. The molecule has 0 saturated carbocycles. The van der Waals surface area contributed by atoms with Crippen molar-refractivity contribution >= 4 is 27.6 Å². The highest BCUT2D eigenvalue weighted by atomic mass is 32.2. The fraction of sp³-hybridized carbons (Fsp3) is 0.200. The fourth-order valence-corrected chi connectivity index (χ4v) is 2.99. The maximum Gasteiger partial charge on any atom is 0.294 e. The number of nitrogens with zero attached hydrogens (tertiary/aromatic N) is 2. The van der Waals surface area contributed by atoms with Crippen molar-refractivity contribution in [2.24, 2.45) is 0 Å². The maximum atomic E-state index is 11.1. The van der Waals surface area contributed by atoms with Crippen molar-refractivity contribution in [3.8, 4) is 11.3 Å². The topological polar surface area (TPSA) is 116 Å². The summed E-state index contributed by atoms with van der Waals surface area (Å²) in [6.07, 6.45) is 0. The smallest absolute Gasteiger partial charge is 0.294 e. The van der Waals surface area contributed by atoms with Gasteiger partial charge >= 0.3 is 0 Å². The van der Waals surface area contributed by atoms with E-state index < -0.39 is 10.1 Å². The number of hydrogen-bond donors (Lipinski definition) is 4. The van der Waals surface area contributed by atoms with Crippen LogP contribution in [0.4, 0.5) is 17.5 Å². The quantitative estimate of drug-likeness (QED) is 0.353. The molecule has 4 N–H and O–H groups in total. The molecule has 0 aliphatic heterocycles. The molecule has 0 unspecified atom stereocenters. The minimum absolute atomic E-state index is 0.173. The lowest BCUT2D eigenvalue weighted by atomic mass is 10.1. The minimum Gasteiger partial charge on any atom is -0.350 e. The standard InChI is InChI=1S/C20H23N5O3S/c1-20(2,3)23-19-21-17(14-7-5-4-6-8-14)13-18(22-19)25-24-15-9-11-16(12-10-15)29(26,27)28/h4-13,24H,1-3H3,(H,26,27,28)(H2,21,22,23,25). The molecule has 0 atom stereocenters. The van der Waals surface area contributed by atoms with Crippen LogP contribution in [0.5, 0.6) is 0 Å². The summed E-state index contributed by atoms with van der Waals surface area (Å²) in [6, 6.07) is 17.2. The molecule has 0 radical (unpaired) electrons. The Hall–Kier alpha value is -3.17. The summed E-state index contributed by atoms with van der Waals surface area (Å²) in [5.74, 6) is 1.01. The molecule has 0 aliphatic carbocycles. The molecule has 8 nitrogen and oxygen atoms in total. The van der Waals surface area contributed by atoms with Crippen LogP contribution in [0.3, 0.4) is 0 Å². The molecule has 3 aromatic rings. The van der Waals surface area contributed by atoms with Crippen molar-refractivity contribution in [1.29, 1.82) is 0 Å². The molecule has 0 fully saturated rings. The summed E-state index contributed by atoms with van der Waals surface area (Å²) in [4.78, 5) is 8.91. The second-order valence-electron chi connectivity index (χ2n) is 7.45. The first-order valence-corrected chi connectivity index (χ1v) is 10.4. The highest BCUT2D eigenvalue weighted by Crippen LogP contribution is 2.23. The Morgan fingerprint density at radius 1 is 0.897 bits per heavy atom. The summed E-state index contributed by atoms with van der Waals surface area (Å²) in [7, 11) is -4.22. The Labute approximate surface area is 170 Å². The van der Waals surface area contributed by atoms with Crippen LogP contribution >= 0.6 is 0 Å². The second-order valence-corrected chi connectivity index (χ2v) is 8.87. The first-order chi connectivity index (χ1) is 13.6. The van der Waals surface area contributed by atoms with Crippen LogP contribution in [0.15, 0.2) is 65.6 Å². The predicted octanol–water partition coefficient (Wildman–Crippen LogP) is 4.04. The zero-order valence-electron chi connectivity index (χ0n) is 16.3. The van der Waals surface area contributed by atoms with Gasteiger partial charge in [0.2, 0.25) is 5.95 Å². The molecule has 152 valence electrons. The Morgan fingerprint density at radius 2 is 1.55 bits per heavy atom. The van der Waals surface area contributed by atoms with Gasteiger partial charge in [-0.2, -0.15) is 13.4 Å². The average Bonchev–Trinajstić information content (AvgIpc) is 2.65. The van der Waals surface area contributed by atoms with Gasteiger partial charge in [0.25, 0.3) is 10.1 Å². The molecule has 3 rings (SSSR count). The molecule has 29 heavy (non-hydrogen) atoms. The van der Waals surface area contributed by atoms with Crippen LogP contribution in [0, 0.1) is 0 Å². The van der Waals surface area contributed by atoms with Gasteiger partial charge in [0.1, 0.15) is 0 Å². The molecule has 0 amide bonds. The predicted molar refractivity (Wildman–Crippen MR) is 114 cm³/mol. The van der Waals surface area contributed by atoms with E-state index in [2.05, 4.69) is 26.1 Å². The molecule has 0 spiro atoms. The first-order valence-electron chi connectivity index (χ1n) is 8.92. The minimum atomic E-state index is -4.22. The van der Waals surface area contributed by atoms with Gasteiger partial charge in [-0.3, -0.25) is 15.4 Å². The zero-order chi connectivity index (χ0) is 21.1. The molecule has 1 aromatic heterocycles. The van der Waals surface area contributed by atoms with Crippen LogP contribution in [0.2, 0.25) is 0 Å². The first kappa shape index (κ1) is 20.6. The molecule has 2 aromatic carbocycles. The van der Waals surface area contributed by atoms with Gasteiger partial charge in [0, 0.05) is 17.2 Å². The van der Waals surface area contributed by atoms with E-state index in [-0.39, 0.29) is 10.4 Å². The van der Waals surface area contributed by atoms with E-state index in [9.17, 15) is 8.42 Å². The number of hydrogen-bond acceptors (Lipinski definition) is 7.